The first kappa shape index (κ1) is 18.5. The van der Waals surface area contributed by atoms with Gasteiger partial charge in [-0.15, -0.1) is 0 Å². The van der Waals surface area contributed by atoms with Crippen molar-refractivity contribution in [3.05, 3.63) is 94.0 Å². The van der Waals surface area contributed by atoms with Crippen molar-refractivity contribution in [1.29, 1.82) is 0 Å². The number of aromatic nitrogens is 2. The van der Waals surface area contributed by atoms with Crippen molar-refractivity contribution in [3.63, 3.8) is 0 Å². The molecule has 0 saturated carbocycles. The van der Waals surface area contributed by atoms with E-state index in [0.717, 1.165) is 11.3 Å². The summed E-state index contributed by atoms with van der Waals surface area (Å²) in [7, 11) is 1.50. The van der Waals surface area contributed by atoms with Gasteiger partial charge in [0.15, 0.2) is 11.5 Å². The summed E-state index contributed by atoms with van der Waals surface area (Å²) in [5, 5.41) is 10.9. The smallest absolute Gasteiger partial charge is 0.266 e. The lowest BCUT2D eigenvalue weighted by Gasteiger charge is -2.12. The van der Waals surface area contributed by atoms with Crippen LogP contribution in [0.15, 0.2) is 71.5 Å². The van der Waals surface area contributed by atoms with Crippen molar-refractivity contribution >= 4 is 23.1 Å². The van der Waals surface area contributed by atoms with Gasteiger partial charge >= 0.3 is 0 Å². The Kier molecular flexibility index (Phi) is 4.87. The lowest BCUT2D eigenvalue weighted by atomic mass is 10.1. The van der Waals surface area contributed by atoms with Gasteiger partial charge in [-0.2, -0.15) is 0 Å². The van der Waals surface area contributed by atoms with Crippen LogP contribution in [-0.4, -0.2) is 21.8 Å². The Morgan fingerprint density at radius 1 is 0.966 bits per heavy atom. The average molecular weight is 384 g/mol. The summed E-state index contributed by atoms with van der Waals surface area (Å²) in [5.41, 5.74) is 2.88. The molecule has 0 fully saturated rings. The summed E-state index contributed by atoms with van der Waals surface area (Å²) in [6.07, 6.45) is 3.45. The van der Waals surface area contributed by atoms with Crippen molar-refractivity contribution in [3.8, 4) is 17.2 Å². The molecule has 4 aromatic rings. The monoisotopic (exact) mass is 384 g/mol. The number of para-hydroxylation sites is 2. The Labute approximate surface area is 168 Å². The number of phenolic OH excluding ortho intramolecular Hbond substituents is 1. The lowest BCUT2D eigenvalue weighted by Crippen LogP contribution is -2.22. The van der Waals surface area contributed by atoms with E-state index in [1.807, 2.05) is 49.4 Å². The van der Waals surface area contributed by atoms with E-state index in [0.29, 0.717) is 28.0 Å². The van der Waals surface area contributed by atoms with E-state index in [4.69, 9.17) is 4.74 Å². The second-order valence-electron chi connectivity index (χ2n) is 6.69. The van der Waals surface area contributed by atoms with Gasteiger partial charge in [-0.25, -0.2) is 4.98 Å². The van der Waals surface area contributed by atoms with Crippen LogP contribution >= 0.6 is 0 Å². The first-order valence-electron chi connectivity index (χ1n) is 9.21. The van der Waals surface area contributed by atoms with E-state index in [-0.39, 0.29) is 11.3 Å². The van der Waals surface area contributed by atoms with Gasteiger partial charge in [-0.1, -0.05) is 42.0 Å². The number of aromatic hydroxyl groups is 1. The third-order valence-electron chi connectivity index (χ3n) is 4.76. The lowest BCUT2D eigenvalue weighted by molar-refractivity contribution is 0.373. The predicted molar refractivity (Wildman–Crippen MR) is 116 cm³/mol. The largest absolute Gasteiger partial charge is 0.504 e. The molecule has 0 spiro atoms. The molecule has 0 radical (unpaired) electrons. The fraction of sp³-hybridized carbons (Fsp3) is 0.0833. The molecule has 1 aromatic heterocycles. The van der Waals surface area contributed by atoms with Crippen LogP contribution in [0.1, 0.15) is 17.0 Å². The first-order valence-corrected chi connectivity index (χ1v) is 9.21. The fourth-order valence-electron chi connectivity index (χ4n) is 3.21. The highest BCUT2D eigenvalue weighted by atomic mass is 16.5. The van der Waals surface area contributed by atoms with Crippen molar-refractivity contribution in [2.45, 2.75) is 6.92 Å². The number of hydrogen-bond acceptors (Lipinski definition) is 4. The van der Waals surface area contributed by atoms with Gasteiger partial charge in [-0.05, 0) is 49.4 Å². The van der Waals surface area contributed by atoms with E-state index in [1.54, 1.807) is 41.0 Å². The SMILES string of the molecule is COc1cccc(C=Cc2nc3ccccc3c(=O)n2-c2ccc(C)cc2)c1O. The summed E-state index contributed by atoms with van der Waals surface area (Å²) in [5.74, 6) is 0.894. The molecule has 3 aromatic carbocycles. The predicted octanol–water partition coefficient (Wildman–Crippen LogP) is 4.58. The number of aryl methyl sites for hydroxylation is 1. The first-order chi connectivity index (χ1) is 14.1. The highest BCUT2D eigenvalue weighted by Gasteiger charge is 2.11. The van der Waals surface area contributed by atoms with E-state index >= 15 is 0 Å². The molecule has 29 heavy (non-hydrogen) atoms. The van der Waals surface area contributed by atoms with Crippen molar-refractivity contribution < 1.29 is 9.84 Å². The molecule has 5 heteroatoms. The van der Waals surface area contributed by atoms with Crippen LogP contribution in [0.2, 0.25) is 0 Å². The fourth-order valence-corrected chi connectivity index (χ4v) is 3.21. The van der Waals surface area contributed by atoms with Gasteiger partial charge in [0.25, 0.3) is 5.56 Å². The summed E-state index contributed by atoms with van der Waals surface area (Å²) >= 11 is 0. The number of fused-ring (bicyclic) bond motifs is 1. The second-order valence-corrected chi connectivity index (χ2v) is 6.69. The van der Waals surface area contributed by atoms with E-state index in [9.17, 15) is 9.90 Å². The van der Waals surface area contributed by atoms with Crippen LogP contribution in [0.5, 0.6) is 11.5 Å². The minimum atomic E-state index is -0.144. The van der Waals surface area contributed by atoms with Crippen LogP contribution in [0.25, 0.3) is 28.7 Å². The van der Waals surface area contributed by atoms with Crippen LogP contribution in [-0.2, 0) is 0 Å². The van der Waals surface area contributed by atoms with Crippen molar-refractivity contribution in [2.75, 3.05) is 7.11 Å². The van der Waals surface area contributed by atoms with Gasteiger partial charge in [0, 0.05) is 5.56 Å². The molecule has 144 valence electrons. The maximum Gasteiger partial charge on any atom is 0.266 e. The highest BCUT2D eigenvalue weighted by Crippen LogP contribution is 2.30. The third kappa shape index (κ3) is 3.50. The van der Waals surface area contributed by atoms with E-state index < -0.39 is 0 Å². The van der Waals surface area contributed by atoms with Gasteiger partial charge in [0.2, 0.25) is 0 Å². The maximum absolute atomic E-state index is 13.2. The molecule has 0 bridgehead atoms. The normalized spacial score (nSPS) is 11.2. The summed E-state index contributed by atoms with van der Waals surface area (Å²) in [6, 6.07) is 20.2. The average Bonchev–Trinajstić information content (AvgIpc) is 2.74. The molecule has 5 nitrogen and oxygen atoms in total. The van der Waals surface area contributed by atoms with Crippen LogP contribution in [0.4, 0.5) is 0 Å². The Hall–Kier alpha value is -3.86. The number of methoxy groups -OCH3 is 1. The zero-order chi connectivity index (χ0) is 20.4. The topological polar surface area (TPSA) is 64.3 Å². The molecule has 4 rings (SSSR count). The zero-order valence-corrected chi connectivity index (χ0v) is 16.2. The number of rotatable bonds is 4. The van der Waals surface area contributed by atoms with Gasteiger partial charge in [-0.3, -0.25) is 9.36 Å². The third-order valence-corrected chi connectivity index (χ3v) is 4.76. The van der Waals surface area contributed by atoms with Gasteiger partial charge in [0.05, 0.1) is 23.7 Å². The van der Waals surface area contributed by atoms with Crippen LogP contribution in [0.3, 0.4) is 0 Å². The number of benzene rings is 3. The van der Waals surface area contributed by atoms with Gasteiger partial charge < -0.3 is 9.84 Å². The molecule has 1 heterocycles. The van der Waals surface area contributed by atoms with Gasteiger partial charge in [0.1, 0.15) is 5.82 Å². The van der Waals surface area contributed by atoms with Crippen molar-refractivity contribution in [1.82, 2.24) is 9.55 Å². The number of phenols is 1. The van der Waals surface area contributed by atoms with Crippen LogP contribution < -0.4 is 10.3 Å². The highest BCUT2D eigenvalue weighted by molar-refractivity contribution is 5.80. The Balaban J connectivity index is 1.92. The van der Waals surface area contributed by atoms with Crippen LogP contribution in [0, 0.1) is 6.92 Å². The zero-order valence-electron chi connectivity index (χ0n) is 16.2. The summed E-state index contributed by atoms with van der Waals surface area (Å²) in [6.45, 7) is 2.00. The molecule has 0 aliphatic carbocycles. The molecular formula is C24H20N2O3. The van der Waals surface area contributed by atoms with E-state index in [2.05, 4.69) is 4.98 Å². The number of nitrogens with zero attached hydrogens (tertiary/aromatic N) is 2. The van der Waals surface area contributed by atoms with E-state index in [1.165, 1.54) is 7.11 Å². The molecule has 0 unspecified atom stereocenters. The Morgan fingerprint density at radius 2 is 1.72 bits per heavy atom. The molecule has 0 aliphatic rings. The number of hydrogen-bond donors (Lipinski definition) is 1. The standard InChI is InChI=1S/C24H20N2O3/c1-16-10-13-18(14-11-16)26-22(25-20-8-4-3-7-19(20)24(26)28)15-12-17-6-5-9-21(29-2)23(17)27/h3-15,27H,1-2H3. The molecule has 0 amide bonds. The quantitative estimate of drug-likeness (QED) is 0.559. The Bertz CT molecular complexity index is 1270. The minimum Gasteiger partial charge on any atom is -0.504 e. The second kappa shape index (κ2) is 7.64. The molecule has 0 aliphatic heterocycles. The summed E-state index contributed by atoms with van der Waals surface area (Å²) < 4.78 is 6.74. The Morgan fingerprint density at radius 3 is 2.48 bits per heavy atom. The molecule has 0 atom stereocenters. The summed E-state index contributed by atoms with van der Waals surface area (Å²) in [4.78, 5) is 17.9. The molecule has 1 N–H and O–H groups in total. The minimum absolute atomic E-state index is 0.0382. The maximum atomic E-state index is 13.2. The number of ether oxygens (including phenoxy) is 1. The molecular weight excluding hydrogens is 364 g/mol. The van der Waals surface area contributed by atoms with Crippen molar-refractivity contribution in [2.24, 2.45) is 0 Å². The molecule has 0 saturated heterocycles.